The van der Waals surface area contributed by atoms with Crippen molar-refractivity contribution in [3.8, 4) is 0 Å². The number of benzene rings is 1. The van der Waals surface area contributed by atoms with E-state index in [9.17, 15) is 4.79 Å². The van der Waals surface area contributed by atoms with Crippen LogP contribution in [0.4, 0.5) is 0 Å². The summed E-state index contributed by atoms with van der Waals surface area (Å²) in [6.45, 7) is 9.50. The zero-order valence-corrected chi connectivity index (χ0v) is 13.1. The van der Waals surface area contributed by atoms with Gasteiger partial charge in [0.2, 0.25) is 0 Å². The van der Waals surface area contributed by atoms with E-state index in [1.54, 1.807) is 12.1 Å². The molecule has 1 N–H and O–H groups in total. The molecule has 0 fully saturated rings. The van der Waals surface area contributed by atoms with Gasteiger partial charge in [0.05, 0.1) is 12.7 Å². The molecule has 1 aromatic carbocycles. The minimum absolute atomic E-state index is 0.114. The lowest BCUT2D eigenvalue weighted by Crippen LogP contribution is -2.36. The molecule has 0 unspecified atom stereocenters. The molecule has 0 aliphatic heterocycles. The van der Waals surface area contributed by atoms with Crippen LogP contribution in [0.3, 0.4) is 0 Å². The minimum Gasteiger partial charge on any atom is -0.465 e. The summed E-state index contributed by atoms with van der Waals surface area (Å²) < 4.78 is 4.69. The molecular weight excluding hydrogens is 250 g/mol. The molecule has 0 radical (unpaired) electrons. The highest BCUT2D eigenvalue weighted by molar-refractivity contribution is 5.89. The lowest BCUT2D eigenvalue weighted by Gasteiger charge is -2.21. The van der Waals surface area contributed by atoms with Crippen LogP contribution in [0.25, 0.3) is 6.08 Å². The molecule has 0 saturated carbocycles. The average molecular weight is 275 g/mol. The third-order valence-corrected chi connectivity index (χ3v) is 3.00. The summed E-state index contributed by atoms with van der Waals surface area (Å²) in [5, 5.41) is 3.49. The lowest BCUT2D eigenvalue weighted by atomic mass is 10.0. The molecule has 0 aliphatic carbocycles. The van der Waals surface area contributed by atoms with E-state index in [2.05, 4.69) is 39.1 Å². The second-order valence-corrected chi connectivity index (χ2v) is 5.87. The van der Waals surface area contributed by atoms with Crippen LogP contribution in [-0.4, -0.2) is 25.2 Å². The Balaban J connectivity index is 2.77. The number of carbonyl (C=O) groups excluding carboxylic acids is 1. The SMILES string of the molecule is CCC(=Cc1ccc(C(=O)OC)cc1)CNC(C)(C)C. The van der Waals surface area contributed by atoms with Crippen LogP contribution in [0.15, 0.2) is 29.8 Å². The molecule has 3 nitrogen and oxygen atoms in total. The highest BCUT2D eigenvalue weighted by Gasteiger charge is 2.09. The molecule has 1 rings (SSSR count). The van der Waals surface area contributed by atoms with Crippen LogP contribution >= 0.6 is 0 Å². The van der Waals surface area contributed by atoms with Gasteiger partial charge in [-0.3, -0.25) is 0 Å². The first-order valence-electron chi connectivity index (χ1n) is 6.98. The molecule has 110 valence electrons. The van der Waals surface area contributed by atoms with E-state index in [4.69, 9.17) is 4.74 Å². The van der Waals surface area contributed by atoms with E-state index in [0.717, 1.165) is 18.5 Å². The Morgan fingerprint density at radius 1 is 1.25 bits per heavy atom. The first-order valence-corrected chi connectivity index (χ1v) is 6.98. The van der Waals surface area contributed by atoms with Gasteiger partial charge < -0.3 is 10.1 Å². The van der Waals surface area contributed by atoms with Crippen molar-refractivity contribution >= 4 is 12.0 Å². The Hall–Kier alpha value is -1.61. The van der Waals surface area contributed by atoms with Gasteiger partial charge in [-0.25, -0.2) is 4.79 Å². The third-order valence-electron chi connectivity index (χ3n) is 3.00. The highest BCUT2D eigenvalue weighted by Crippen LogP contribution is 2.12. The van der Waals surface area contributed by atoms with Crippen LogP contribution < -0.4 is 5.32 Å². The number of hydrogen-bond acceptors (Lipinski definition) is 3. The number of rotatable bonds is 5. The van der Waals surface area contributed by atoms with E-state index in [0.29, 0.717) is 5.56 Å². The molecular formula is C17H25NO2. The lowest BCUT2D eigenvalue weighted by molar-refractivity contribution is 0.0600. The van der Waals surface area contributed by atoms with Gasteiger partial charge >= 0.3 is 5.97 Å². The van der Waals surface area contributed by atoms with Crippen LogP contribution in [-0.2, 0) is 4.74 Å². The molecule has 0 saturated heterocycles. The topological polar surface area (TPSA) is 38.3 Å². The van der Waals surface area contributed by atoms with Crippen molar-refractivity contribution < 1.29 is 9.53 Å². The molecule has 0 bridgehead atoms. The van der Waals surface area contributed by atoms with Gasteiger partial charge in [-0.1, -0.05) is 30.7 Å². The smallest absolute Gasteiger partial charge is 0.337 e. The predicted molar refractivity (Wildman–Crippen MR) is 83.8 cm³/mol. The Morgan fingerprint density at radius 2 is 1.85 bits per heavy atom. The molecule has 0 heterocycles. The van der Waals surface area contributed by atoms with E-state index in [-0.39, 0.29) is 11.5 Å². The van der Waals surface area contributed by atoms with Crippen LogP contribution in [0.1, 0.15) is 50.0 Å². The maximum atomic E-state index is 11.4. The normalized spacial score (nSPS) is 12.3. The first kappa shape index (κ1) is 16.4. The van der Waals surface area contributed by atoms with Crippen LogP contribution in [0.5, 0.6) is 0 Å². The zero-order chi connectivity index (χ0) is 15.2. The van der Waals surface area contributed by atoms with Crippen LogP contribution in [0.2, 0.25) is 0 Å². The summed E-state index contributed by atoms with van der Waals surface area (Å²) in [6.07, 6.45) is 3.17. The standard InChI is InChI=1S/C17H25NO2/c1-6-13(12-18-17(2,3)4)11-14-7-9-15(10-8-14)16(19)20-5/h7-11,18H,6,12H2,1-5H3. The van der Waals surface area contributed by atoms with Crippen molar-refractivity contribution in [3.63, 3.8) is 0 Å². The van der Waals surface area contributed by atoms with Gasteiger partial charge in [-0.2, -0.15) is 0 Å². The van der Waals surface area contributed by atoms with Gasteiger partial charge in [-0.05, 0) is 44.9 Å². The molecule has 0 spiro atoms. The fourth-order valence-electron chi connectivity index (χ4n) is 1.73. The van der Waals surface area contributed by atoms with Crippen molar-refractivity contribution in [2.45, 2.75) is 39.7 Å². The van der Waals surface area contributed by atoms with Gasteiger partial charge in [0.25, 0.3) is 0 Å². The second-order valence-electron chi connectivity index (χ2n) is 5.87. The van der Waals surface area contributed by atoms with E-state index in [1.165, 1.54) is 12.7 Å². The molecule has 0 aliphatic rings. The molecule has 0 atom stereocenters. The number of nitrogens with one attached hydrogen (secondary N) is 1. The Labute approximate surface area is 122 Å². The zero-order valence-electron chi connectivity index (χ0n) is 13.1. The monoisotopic (exact) mass is 275 g/mol. The van der Waals surface area contributed by atoms with E-state index >= 15 is 0 Å². The quantitative estimate of drug-likeness (QED) is 0.833. The Kier molecular flexibility index (Phi) is 5.96. The number of hydrogen-bond donors (Lipinski definition) is 1. The second kappa shape index (κ2) is 7.25. The average Bonchev–Trinajstić information content (AvgIpc) is 2.42. The van der Waals surface area contributed by atoms with Gasteiger partial charge in [0.1, 0.15) is 0 Å². The molecule has 20 heavy (non-hydrogen) atoms. The van der Waals surface area contributed by atoms with Gasteiger partial charge in [0.15, 0.2) is 0 Å². The van der Waals surface area contributed by atoms with Crippen LogP contribution in [0, 0.1) is 0 Å². The van der Waals surface area contributed by atoms with Gasteiger partial charge in [-0.15, -0.1) is 0 Å². The van der Waals surface area contributed by atoms with Crippen molar-refractivity contribution in [2.75, 3.05) is 13.7 Å². The number of methoxy groups -OCH3 is 1. The highest BCUT2D eigenvalue weighted by atomic mass is 16.5. The number of ether oxygens (including phenoxy) is 1. The number of esters is 1. The summed E-state index contributed by atoms with van der Waals surface area (Å²) in [4.78, 5) is 11.4. The summed E-state index contributed by atoms with van der Waals surface area (Å²) in [7, 11) is 1.39. The van der Waals surface area contributed by atoms with E-state index in [1.807, 2.05) is 12.1 Å². The van der Waals surface area contributed by atoms with Crippen molar-refractivity contribution in [2.24, 2.45) is 0 Å². The molecule has 0 amide bonds. The van der Waals surface area contributed by atoms with Crippen molar-refractivity contribution in [1.82, 2.24) is 5.32 Å². The molecule has 3 heteroatoms. The molecule has 1 aromatic rings. The summed E-state index contributed by atoms with van der Waals surface area (Å²) in [6, 6.07) is 7.47. The van der Waals surface area contributed by atoms with Crippen molar-refractivity contribution in [1.29, 1.82) is 0 Å². The summed E-state index contributed by atoms with van der Waals surface area (Å²) in [5.74, 6) is -0.300. The van der Waals surface area contributed by atoms with Gasteiger partial charge in [0, 0.05) is 12.1 Å². The predicted octanol–water partition coefficient (Wildman–Crippen LogP) is 3.65. The Morgan fingerprint density at radius 3 is 2.30 bits per heavy atom. The first-order chi connectivity index (χ1) is 9.35. The molecule has 0 aromatic heterocycles. The summed E-state index contributed by atoms with van der Waals surface area (Å²) in [5.41, 5.74) is 3.13. The van der Waals surface area contributed by atoms with Crippen molar-refractivity contribution in [3.05, 3.63) is 41.0 Å². The third kappa shape index (κ3) is 5.57. The van der Waals surface area contributed by atoms with E-state index < -0.39 is 0 Å². The fourth-order valence-corrected chi connectivity index (χ4v) is 1.73. The largest absolute Gasteiger partial charge is 0.465 e. The maximum Gasteiger partial charge on any atom is 0.337 e. The number of carbonyl (C=O) groups is 1. The fraction of sp³-hybridized carbons (Fsp3) is 0.471. The minimum atomic E-state index is -0.300. The Bertz CT molecular complexity index is 467. The maximum absolute atomic E-state index is 11.4. The summed E-state index contributed by atoms with van der Waals surface area (Å²) >= 11 is 0.